The number of nitrogens with two attached hydrogens (primary N) is 1. The predicted octanol–water partition coefficient (Wildman–Crippen LogP) is -1.60. The highest BCUT2D eigenvalue weighted by Crippen LogP contribution is 2.60. The first-order valence-electron chi connectivity index (χ1n) is 9.36. The van der Waals surface area contributed by atoms with Gasteiger partial charge in [0.2, 0.25) is 0 Å². The van der Waals surface area contributed by atoms with Gasteiger partial charge in [0.15, 0.2) is 6.23 Å². The average Bonchev–Trinajstić information content (AvgIpc) is 2.85. The van der Waals surface area contributed by atoms with Gasteiger partial charge in [-0.1, -0.05) is 0 Å². The van der Waals surface area contributed by atoms with Gasteiger partial charge in [-0.15, -0.1) is 0 Å². The van der Waals surface area contributed by atoms with Crippen LogP contribution in [-0.2, 0) is 27.2 Å². The second kappa shape index (κ2) is 9.73. The van der Waals surface area contributed by atoms with Crippen LogP contribution in [0.5, 0.6) is 0 Å². The lowest BCUT2D eigenvalue weighted by atomic mass is 10.1. The third-order valence-electron chi connectivity index (χ3n) is 3.90. The molecule has 178 valence electrons. The molecule has 7 atom stereocenters. The van der Waals surface area contributed by atoms with Gasteiger partial charge >= 0.3 is 21.3 Å². The predicted molar refractivity (Wildman–Crippen MR) is 104 cm³/mol. The smallest absolute Gasteiger partial charge is 0.387 e. The molecule has 3 unspecified atom stereocenters. The van der Waals surface area contributed by atoms with Crippen LogP contribution in [0.15, 0.2) is 17.1 Å². The number of aromatic nitrogens is 2. The van der Waals surface area contributed by atoms with Crippen molar-refractivity contribution in [1.29, 1.82) is 0 Å². The normalized spacial score (nSPS) is 29.7. The van der Waals surface area contributed by atoms with E-state index < -0.39 is 59.1 Å². The Labute approximate surface area is 178 Å². The molecule has 15 nitrogen and oxygen atoms in total. The molecule has 1 aromatic heterocycles. The van der Waals surface area contributed by atoms with Gasteiger partial charge in [-0.05, 0) is 6.07 Å². The number of hydrogen-bond donors (Lipinski definition) is 5. The number of rotatable bonds is 10. The molecule has 0 aromatic carbocycles. The number of hydrogen-bond acceptors (Lipinski definition) is 11. The topological polar surface area (TPSA) is 213 Å². The quantitative estimate of drug-likeness (QED) is 0.142. The van der Waals surface area contributed by atoms with E-state index in [4.69, 9.17) is 11.8 Å². The van der Waals surface area contributed by atoms with Crippen molar-refractivity contribution in [2.45, 2.75) is 24.5 Å². The van der Waals surface area contributed by atoms with Crippen LogP contribution in [-0.4, -0.2) is 93.2 Å². The summed E-state index contributed by atoms with van der Waals surface area (Å²) in [6.45, 7) is -2.46. The zero-order chi connectivity index (χ0) is 24.5. The molecule has 0 bridgehead atoms. The molecule has 1 aliphatic heterocycles. The lowest BCUT2D eigenvalue weighted by molar-refractivity contribution is -0.870. The van der Waals surface area contributed by atoms with Crippen LogP contribution in [0.4, 0.5) is 5.82 Å². The molecule has 1 saturated heterocycles. The van der Waals surface area contributed by atoms with E-state index in [2.05, 4.69) is 18.3 Å². The number of likely N-dealkylation sites (N-methyl/N-ethyl adjacent to an activating group) is 1. The number of aliphatic hydroxyl groups is 2. The summed E-state index contributed by atoms with van der Waals surface area (Å²) >= 11 is 0. The number of nitrogens with zero attached hydrogens (tertiary/aromatic N) is 3. The van der Waals surface area contributed by atoms with Crippen LogP contribution in [0.2, 0.25) is 0 Å². The summed E-state index contributed by atoms with van der Waals surface area (Å²) in [5.41, 5.74) is 4.51. The highest BCUT2D eigenvalue weighted by atomic mass is 31.3. The number of anilines is 1. The van der Waals surface area contributed by atoms with Crippen LogP contribution < -0.4 is 11.4 Å². The van der Waals surface area contributed by atoms with Gasteiger partial charge < -0.3 is 35.0 Å². The van der Waals surface area contributed by atoms with E-state index in [1.807, 2.05) is 0 Å². The van der Waals surface area contributed by atoms with Gasteiger partial charge in [0, 0.05) is 6.20 Å². The van der Waals surface area contributed by atoms with Gasteiger partial charge in [0.1, 0.15) is 37.3 Å². The van der Waals surface area contributed by atoms with Crippen LogP contribution >= 0.6 is 15.6 Å². The Balaban J connectivity index is 1.98. The second-order valence-electron chi connectivity index (χ2n) is 7.65. The molecule has 17 heteroatoms. The van der Waals surface area contributed by atoms with E-state index in [-0.39, 0.29) is 16.8 Å². The number of ether oxygens (including phenoxy) is 1. The minimum Gasteiger partial charge on any atom is -0.387 e. The van der Waals surface area contributed by atoms with Crippen molar-refractivity contribution >= 4 is 21.5 Å². The SMILES string of the molecule is [2H][13CH](C[N+](C)(C)C)OP(=O)(O)OP(=O)(O)OC[C@H]1O[C@@H](n2ccc(N)nc2=O)[C@H](O)[C@@H]1O. The van der Waals surface area contributed by atoms with Crippen molar-refractivity contribution in [3.63, 3.8) is 0 Å². The molecule has 6 N–H and O–H groups in total. The number of nitrogen functional groups attached to an aromatic ring is 1. The third kappa shape index (κ3) is 7.70. The standard InChI is InChI=1S/C14H26N4O11P2/c1-18(2,3)6-7-26-30(22,23)29-31(24,25)27-8-9-11(19)12(20)13(28-9)17-5-4-10(15)16-14(17)21/h4-5,9,11-13,19-20H,6-8H2,1-3H3,(H3-,15,16,21,22,23,24,25)/p+1/t9-,11-,12-,13-/m1/s1/i7+1D/t7?,9-,11-,12-,13-. The molecule has 1 aliphatic rings. The van der Waals surface area contributed by atoms with Crippen molar-refractivity contribution in [2.24, 2.45) is 0 Å². The zero-order valence-corrected chi connectivity index (χ0v) is 18.7. The molecule has 1 fully saturated rings. The summed E-state index contributed by atoms with van der Waals surface area (Å²) in [4.78, 5) is 34.7. The van der Waals surface area contributed by atoms with E-state index in [1.165, 1.54) is 12.3 Å². The van der Waals surface area contributed by atoms with E-state index in [9.17, 15) is 33.9 Å². The highest BCUT2D eigenvalue weighted by Gasteiger charge is 2.46. The monoisotopic (exact) mass is 491 g/mol. The van der Waals surface area contributed by atoms with Gasteiger partial charge in [-0.3, -0.25) is 13.6 Å². The molecule has 1 aromatic rings. The first kappa shape index (κ1) is 24.4. The third-order valence-corrected chi connectivity index (χ3v) is 6.44. The fraction of sp³-hybridized carbons (Fsp3) is 0.714. The first-order valence-corrected chi connectivity index (χ1v) is 11.8. The largest absolute Gasteiger partial charge is 0.481 e. The number of quaternary nitrogens is 1. The Morgan fingerprint density at radius 3 is 2.45 bits per heavy atom. The average molecular weight is 491 g/mol. The van der Waals surface area contributed by atoms with E-state index in [1.54, 1.807) is 21.1 Å². The molecule has 31 heavy (non-hydrogen) atoms. The molecule has 2 heterocycles. The van der Waals surface area contributed by atoms with Gasteiger partial charge in [0.05, 0.1) is 29.1 Å². The minimum atomic E-state index is -5.22. The van der Waals surface area contributed by atoms with Crippen LogP contribution in [0.25, 0.3) is 0 Å². The molecule has 0 saturated carbocycles. The maximum atomic E-state index is 12.0. The first-order chi connectivity index (χ1) is 14.5. The van der Waals surface area contributed by atoms with Crippen molar-refractivity contribution in [1.82, 2.24) is 9.55 Å². The molecular formula is C14H27N4O11P2+. The van der Waals surface area contributed by atoms with Crippen molar-refractivity contribution in [2.75, 3.05) is 46.6 Å². The van der Waals surface area contributed by atoms with Crippen LogP contribution in [0.3, 0.4) is 0 Å². The Morgan fingerprint density at radius 2 is 1.87 bits per heavy atom. The Bertz CT molecular complexity index is 957. The molecule has 2 rings (SSSR count). The van der Waals surface area contributed by atoms with Crippen molar-refractivity contribution < 1.29 is 53.1 Å². The molecular weight excluding hydrogens is 463 g/mol. The summed E-state index contributed by atoms with van der Waals surface area (Å²) in [6.07, 6.45) is -4.97. The molecule has 0 spiro atoms. The lowest BCUT2D eigenvalue weighted by Gasteiger charge is -2.24. The number of aliphatic hydroxyl groups excluding tert-OH is 2. The van der Waals surface area contributed by atoms with Gasteiger partial charge in [-0.2, -0.15) is 9.29 Å². The van der Waals surface area contributed by atoms with Crippen molar-refractivity contribution in [3.8, 4) is 0 Å². The summed E-state index contributed by atoms with van der Waals surface area (Å²) in [6, 6.07) is 1.25. The summed E-state index contributed by atoms with van der Waals surface area (Å²) < 4.78 is 51.2. The summed E-state index contributed by atoms with van der Waals surface area (Å²) in [5.74, 6) is -0.0791. The van der Waals surface area contributed by atoms with E-state index in [0.717, 1.165) is 4.57 Å². The van der Waals surface area contributed by atoms with Crippen LogP contribution in [0.1, 0.15) is 7.60 Å². The fourth-order valence-electron chi connectivity index (χ4n) is 2.41. The second-order valence-corrected chi connectivity index (χ2v) is 10.6. The maximum Gasteiger partial charge on any atom is 0.481 e. The van der Waals surface area contributed by atoms with E-state index in [0.29, 0.717) is 0 Å². The van der Waals surface area contributed by atoms with Gasteiger partial charge in [0.25, 0.3) is 0 Å². The zero-order valence-electron chi connectivity index (χ0n) is 17.9. The highest BCUT2D eigenvalue weighted by molar-refractivity contribution is 7.61. The minimum absolute atomic E-state index is 0.0365. The molecule has 0 radical (unpaired) electrons. The van der Waals surface area contributed by atoms with Crippen molar-refractivity contribution in [3.05, 3.63) is 22.7 Å². The Hall–Kier alpha value is -1.22. The fourth-order valence-corrected chi connectivity index (χ4v) is 4.38. The Kier molecular flexibility index (Phi) is 7.66. The molecule has 0 amide bonds. The summed E-state index contributed by atoms with van der Waals surface area (Å²) in [7, 11) is -5.32. The lowest BCUT2D eigenvalue weighted by Crippen LogP contribution is -2.37. The molecule has 0 aliphatic carbocycles. The Morgan fingerprint density at radius 1 is 1.26 bits per heavy atom. The number of phosphoric ester groups is 2. The van der Waals surface area contributed by atoms with Crippen LogP contribution in [0, 0.1) is 0 Å². The van der Waals surface area contributed by atoms with Gasteiger partial charge in [-0.25, -0.2) is 13.9 Å². The van der Waals surface area contributed by atoms with E-state index >= 15 is 0 Å². The summed E-state index contributed by atoms with van der Waals surface area (Å²) in [5, 5.41) is 20.3. The maximum absolute atomic E-state index is 12.0. The number of phosphoric acid groups is 2.